The van der Waals surface area contributed by atoms with Crippen LogP contribution in [0.15, 0.2) is 36.4 Å². The van der Waals surface area contributed by atoms with E-state index in [0.717, 1.165) is 17.7 Å². The molecule has 0 unspecified atom stereocenters. The Labute approximate surface area is 110 Å². The fourth-order valence-corrected chi connectivity index (χ4v) is 1.44. The highest BCUT2D eigenvalue weighted by Gasteiger charge is 2.11. The van der Waals surface area contributed by atoms with Gasteiger partial charge < -0.3 is 10.5 Å². The lowest BCUT2D eigenvalue weighted by atomic mass is 10.2. The first-order valence-electron chi connectivity index (χ1n) is 5.06. The van der Waals surface area contributed by atoms with Crippen LogP contribution in [0.2, 0.25) is 0 Å². The third-order valence-electron chi connectivity index (χ3n) is 2.37. The largest absolute Gasteiger partial charge is 0.455 e. The van der Waals surface area contributed by atoms with Crippen LogP contribution >= 0.6 is 12.4 Å². The monoisotopic (exact) mass is 271 g/mol. The highest BCUT2D eigenvalue weighted by Crippen LogP contribution is 2.31. The van der Waals surface area contributed by atoms with E-state index in [9.17, 15) is 8.78 Å². The van der Waals surface area contributed by atoms with Crippen molar-refractivity contribution >= 4 is 18.1 Å². The zero-order valence-corrected chi connectivity index (χ0v) is 10.4. The Morgan fingerprint density at radius 2 is 1.72 bits per heavy atom. The Morgan fingerprint density at radius 1 is 1.06 bits per heavy atom. The standard InChI is InChI=1S/C13H11F2NO.ClH/c1-8-4-2-3-5-11(8)17-12-7-9(14)6-10(15)13(12)16;/h2-7H,16H2,1H3;1H. The number of hydrogen-bond donors (Lipinski definition) is 1. The molecule has 2 N–H and O–H groups in total. The lowest BCUT2D eigenvalue weighted by molar-refractivity contribution is 0.469. The molecule has 0 atom stereocenters. The molecule has 5 heteroatoms. The van der Waals surface area contributed by atoms with E-state index >= 15 is 0 Å². The predicted molar refractivity (Wildman–Crippen MR) is 69.3 cm³/mol. The Kier molecular flexibility index (Phi) is 4.50. The molecule has 0 radical (unpaired) electrons. The van der Waals surface area contributed by atoms with E-state index in [-0.39, 0.29) is 23.8 Å². The number of ether oxygens (including phenoxy) is 1. The molecule has 0 aliphatic heterocycles. The average molecular weight is 272 g/mol. The van der Waals surface area contributed by atoms with Gasteiger partial charge in [-0.25, -0.2) is 8.78 Å². The molecule has 2 rings (SSSR count). The van der Waals surface area contributed by atoms with Crippen molar-refractivity contribution in [3.63, 3.8) is 0 Å². The minimum absolute atomic E-state index is 0. The molecular weight excluding hydrogens is 260 g/mol. The summed E-state index contributed by atoms with van der Waals surface area (Å²) in [6.45, 7) is 1.83. The molecule has 0 aliphatic rings. The van der Waals surface area contributed by atoms with Gasteiger partial charge in [-0.2, -0.15) is 0 Å². The number of nitrogen functional groups attached to an aromatic ring is 1. The number of rotatable bonds is 2. The first-order chi connectivity index (χ1) is 8.08. The maximum absolute atomic E-state index is 13.2. The number of nitrogens with two attached hydrogens (primary N) is 1. The third kappa shape index (κ3) is 2.90. The molecule has 96 valence electrons. The minimum atomic E-state index is -0.825. The lowest BCUT2D eigenvalue weighted by Crippen LogP contribution is -1.97. The molecule has 0 bridgehead atoms. The summed E-state index contributed by atoms with van der Waals surface area (Å²) in [6, 6.07) is 8.94. The van der Waals surface area contributed by atoms with Crippen molar-refractivity contribution in [1.82, 2.24) is 0 Å². The van der Waals surface area contributed by atoms with Crippen molar-refractivity contribution in [2.24, 2.45) is 0 Å². The smallest absolute Gasteiger partial charge is 0.156 e. The third-order valence-corrected chi connectivity index (χ3v) is 2.37. The summed E-state index contributed by atoms with van der Waals surface area (Å²) in [7, 11) is 0. The van der Waals surface area contributed by atoms with Crippen LogP contribution in [0, 0.1) is 18.6 Å². The van der Waals surface area contributed by atoms with Gasteiger partial charge in [0.15, 0.2) is 11.6 Å². The van der Waals surface area contributed by atoms with E-state index in [0.29, 0.717) is 5.75 Å². The Bertz CT molecular complexity index is 561. The molecule has 0 saturated heterocycles. The molecule has 18 heavy (non-hydrogen) atoms. The molecule has 2 aromatic carbocycles. The summed E-state index contributed by atoms with van der Waals surface area (Å²) in [6.07, 6.45) is 0. The van der Waals surface area contributed by atoms with Gasteiger partial charge in [0.25, 0.3) is 0 Å². The Morgan fingerprint density at radius 3 is 2.39 bits per heavy atom. The average Bonchev–Trinajstić information content (AvgIpc) is 2.28. The highest BCUT2D eigenvalue weighted by molar-refractivity contribution is 5.85. The molecule has 0 amide bonds. The first-order valence-corrected chi connectivity index (χ1v) is 5.06. The summed E-state index contributed by atoms with van der Waals surface area (Å²) in [4.78, 5) is 0. The lowest BCUT2D eigenvalue weighted by Gasteiger charge is -2.11. The van der Waals surface area contributed by atoms with Crippen LogP contribution in [0.5, 0.6) is 11.5 Å². The van der Waals surface area contributed by atoms with E-state index < -0.39 is 11.6 Å². The summed E-state index contributed by atoms with van der Waals surface area (Å²) in [5.74, 6) is -1.05. The van der Waals surface area contributed by atoms with Crippen LogP contribution in [0.3, 0.4) is 0 Å². The minimum Gasteiger partial charge on any atom is -0.455 e. The van der Waals surface area contributed by atoms with Crippen molar-refractivity contribution in [1.29, 1.82) is 0 Å². The van der Waals surface area contributed by atoms with Crippen molar-refractivity contribution in [3.8, 4) is 11.5 Å². The highest BCUT2D eigenvalue weighted by atomic mass is 35.5. The second-order valence-electron chi connectivity index (χ2n) is 3.67. The van der Waals surface area contributed by atoms with Crippen LogP contribution in [0.1, 0.15) is 5.56 Å². The number of benzene rings is 2. The van der Waals surface area contributed by atoms with Gasteiger partial charge in [-0.05, 0) is 18.6 Å². The SMILES string of the molecule is Cc1ccccc1Oc1cc(F)cc(F)c1N.Cl. The number of anilines is 1. The molecular formula is C13H12ClF2NO. The summed E-state index contributed by atoms with van der Waals surface area (Å²) in [5, 5.41) is 0. The number of hydrogen-bond acceptors (Lipinski definition) is 2. The predicted octanol–water partition coefficient (Wildman–Crippen LogP) is 4.07. The van der Waals surface area contributed by atoms with Crippen molar-refractivity contribution in [2.75, 3.05) is 5.73 Å². The second kappa shape index (κ2) is 5.69. The molecule has 0 fully saturated rings. The van der Waals surface area contributed by atoms with Crippen molar-refractivity contribution < 1.29 is 13.5 Å². The molecule has 0 aliphatic carbocycles. The van der Waals surface area contributed by atoms with Gasteiger partial charge in [0.05, 0.1) is 0 Å². The molecule has 2 nitrogen and oxygen atoms in total. The van der Waals surface area contributed by atoms with Crippen LogP contribution in [-0.4, -0.2) is 0 Å². The van der Waals surface area contributed by atoms with Gasteiger partial charge >= 0.3 is 0 Å². The maximum Gasteiger partial charge on any atom is 0.156 e. The van der Waals surface area contributed by atoms with E-state index in [4.69, 9.17) is 10.5 Å². The van der Waals surface area contributed by atoms with Crippen LogP contribution < -0.4 is 10.5 Å². The van der Waals surface area contributed by atoms with Gasteiger partial charge in [0, 0.05) is 12.1 Å². The zero-order valence-electron chi connectivity index (χ0n) is 9.61. The van der Waals surface area contributed by atoms with E-state index in [1.807, 2.05) is 19.1 Å². The summed E-state index contributed by atoms with van der Waals surface area (Å²) in [5.41, 5.74) is 6.14. The van der Waals surface area contributed by atoms with Crippen LogP contribution in [0.4, 0.5) is 14.5 Å². The fourth-order valence-electron chi connectivity index (χ4n) is 1.44. The Balaban J connectivity index is 0.00000162. The van der Waals surface area contributed by atoms with Gasteiger partial charge in [-0.3, -0.25) is 0 Å². The van der Waals surface area contributed by atoms with Gasteiger partial charge in [-0.15, -0.1) is 12.4 Å². The fraction of sp³-hybridized carbons (Fsp3) is 0.0769. The number of halogens is 3. The Hall–Kier alpha value is -1.81. The molecule has 0 aromatic heterocycles. The van der Waals surface area contributed by atoms with Crippen molar-refractivity contribution in [2.45, 2.75) is 6.92 Å². The second-order valence-corrected chi connectivity index (χ2v) is 3.67. The molecule has 0 heterocycles. The quantitative estimate of drug-likeness (QED) is 0.836. The topological polar surface area (TPSA) is 35.2 Å². The van der Waals surface area contributed by atoms with E-state index in [1.54, 1.807) is 12.1 Å². The first kappa shape index (κ1) is 14.3. The summed E-state index contributed by atoms with van der Waals surface area (Å²) < 4.78 is 31.6. The normalized spacial score (nSPS) is 9.72. The van der Waals surface area contributed by atoms with E-state index in [1.165, 1.54) is 0 Å². The van der Waals surface area contributed by atoms with Gasteiger partial charge in [0.2, 0.25) is 0 Å². The van der Waals surface area contributed by atoms with E-state index in [2.05, 4.69) is 0 Å². The molecule has 2 aromatic rings. The molecule has 0 spiro atoms. The van der Waals surface area contributed by atoms with Gasteiger partial charge in [0.1, 0.15) is 17.3 Å². The van der Waals surface area contributed by atoms with Gasteiger partial charge in [-0.1, -0.05) is 18.2 Å². The summed E-state index contributed by atoms with van der Waals surface area (Å²) >= 11 is 0. The zero-order chi connectivity index (χ0) is 12.4. The van der Waals surface area contributed by atoms with Crippen LogP contribution in [0.25, 0.3) is 0 Å². The van der Waals surface area contributed by atoms with Crippen molar-refractivity contribution in [3.05, 3.63) is 53.6 Å². The number of para-hydroxylation sites is 1. The molecule has 0 saturated carbocycles. The maximum atomic E-state index is 13.2. The number of aryl methyl sites for hydroxylation is 1. The van der Waals surface area contributed by atoms with Crippen LogP contribution in [-0.2, 0) is 0 Å².